The van der Waals surface area contributed by atoms with Crippen LogP contribution in [0.1, 0.15) is 25.7 Å². The van der Waals surface area contributed by atoms with Gasteiger partial charge in [-0.25, -0.2) is 4.98 Å². The maximum atomic E-state index is 12.9. The zero-order chi connectivity index (χ0) is 41.1. The van der Waals surface area contributed by atoms with Crippen molar-refractivity contribution in [3.05, 3.63) is 77.9 Å². The van der Waals surface area contributed by atoms with E-state index in [4.69, 9.17) is 16.3 Å². The topological polar surface area (TPSA) is 147 Å². The van der Waals surface area contributed by atoms with Crippen LogP contribution in [-0.2, 0) is 14.2 Å². The van der Waals surface area contributed by atoms with E-state index < -0.39 is 7.14 Å². The van der Waals surface area contributed by atoms with Gasteiger partial charge in [-0.1, -0.05) is 23.7 Å². The lowest BCUT2D eigenvalue weighted by molar-refractivity contribution is -0.133. The molecule has 312 valence electrons. The van der Waals surface area contributed by atoms with Crippen LogP contribution in [0, 0.1) is 5.92 Å². The van der Waals surface area contributed by atoms with Crippen LogP contribution in [0.3, 0.4) is 0 Å². The maximum absolute atomic E-state index is 12.9. The number of amides is 2. The van der Waals surface area contributed by atoms with Crippen molar-refractivity contribution in [1.82, 2.24) is 25.1 Å². The number of carbonyl (C=O) groups is 2. The molecule has 59 heavy (non-hydrogen) atoms. The third-order valence-electron chi connectivity index (χ3n) is 12.0. The normalized spacial score (nSPS) is 19.9. The number of para-hydroxylation sites is 1. The average Bonchev–Trinajstić information content (AvgIpc) is 3.22. The second-order valence-electron chi connectivity index (χ2n) is 16.4. The van der Waals surface area contributed by atoms with Gasteiger partial charge in [-0.2, -0.15) is 4.98 Å². The predicted molar refractivity (Wildman–Crippen MR) is 237 cm³/mol. The standard InChI is InChI=1S/C43H54ClN10O4P/c1-58-38-24-33(12-13-35(38)48-43-45-25-34(44)41(50-43)47-36-6-4-5-7-39(36)59(2,3)57)52-18-16-32(17-19-52)53-22-20-51(21-23-53)26-29-27-54(28-29)31-10-8-30(9-11-31)46-37-14-15-40(55)49-42(37)56/h4-13,24-25,29,32,37,46H,14-23,26-28H2,1-3H3,(H,49,55,56)(H2,45,47,48,50). The van der Waals surface area contributed by atoms with E-state index in [1.807, 2.05) is 42.5 Å². The van der Waals surface area contributed by atoms with Crippen molar-refractivity contribution in [2.75, 3.05) is 105 Å². The first-order valence-corrected chi connectivity index (χ1v) is 23.5. The van der Waals surface area contributed by atoms with Crippen LogP contribution >= 0.6 is 18.7 Å². The van der Waals surface area contributed by atoms with Crippen molar-refractivity contribution in [1.29, 1.82) is 0 Å². The Hall–Kier alpha value is -4.88. The van der Waals surface area contributed by atoms with Gasteiger partial charge in [0.2, 0.25) is 17.8 Å². The number of ether oxygens (including phenoxy) is 1. The van der Waals surface area contributed by atoms with Gasteiger partial charge in [-0.3, -0.25) is 19.8 Å². The number of methoxy groups -OCH3 is 1. The number of hydrogen-bond donors (Lipinski definition) is 4. The second-order valence-corrected chi connectivity index (χ2v) is 20.0. The Labute approximate surface area is 351 Å². The fourth-order valence-corrected chi connectivity index (χ4v) is 9.95. The molecule has 5 heterocycles. The van der Waals surface area contributed by atoms with E-state index in [1.54, 1.807) is 26.6 Å². The summed E-state index contributed by atoms with van der Waals surface area (Å²) in [5.74, 6) is 1.69. The van der Waals surface area contributed by atoms with Crippen molar-refractivity contribution in [3.63, 3.8) is 0 Å². The molecule has 16 heteroatoms. The van der Waals surface area contributed by atoms with Gasteiger partial charge in [-0.15, -0.1) is 0 Å². The number of benzene rings is 3. The second kappa shape index (κ2) is 17.8. The quantitative estimate of drug-likeness (QED) is 0.0950. The Morgan fingerprint density at radius 2 is 1.59 bits per heavy atom. The van der Waals surface area contributed by atoms with Gasteiger partial charge >= 0.3 is 0 Å². The van der Waals surface area contributed by atoms with Gasteiger partial charge in [0.15, 0.2) is 5.82 Å². The van der Waals surface area contributed by atoms with Crippen molar-refractivity contribution < 1.29 is 18.9 Å². The van der Waals surface area contributed by atoms with Crippen LogP contribution in [0.2, 0.25) is 5.02 Å². The van der Waals surface area contributed by atoms with Crippen molar-refractivity contribution in [3.8, 4) is 5.75 Å². The van der Waals surface area contributed by atoms with Gasteiger partial charge in [0, 0.05) is 106 Å². The minimum Gasteiger partial charge on any atom is -0.494 e. The van der Waals surface area contributed by atoms with E-state index in [9.17, 15) is 14.2 Å². The maximum Gasteiger partial charge on any atom is 0.249 e. The van der Waals surface area contributed by atoms with E-state index in [2.05, 4.69) is 75.1 Å². The Morgan fingerprint density at radius 3 is 2.31 bits per heavy atom. The summed E-state index contributed by atoms with van der Waals surface area (Å²) in [5, 5.41) is 13.3. The number of hydrogen-bond acceptors (Lipinski definition) is 13. The van der Waals surface area contributed by atoms with Gasteiger partial charge in [0.05, 0.1) is 24.7 Å². The Kier molecular flexibility index (Phi) is 12.3. The van der Waals surface area contributed by atoms with Gasteiger partial charge < -0.3 is 40.0 Å². The van der Waals surface area contributed by atoms with Crippen molar-refractivity contribution in [2.24, 2.45) is 5.92 Å². The number of piperidine rings is 2. The highest BCUT2D eigenvalue weighted by atomic mass is 35.5. The minimum absolute atomic E-state index is 0.199. The highest BCUT2D eigenvalue weighted by Crippen LogP contribution is 2.39. The van der Waals surface area contributed by atoms with Crippen molar-refractivity contribution >= 4 is 76.1 Å². The Balaban J connectivity index is 0.773. The number of nitrogens with zero attached hydrogens (tertiary/aromatic N) is 6. The van der Waals surface area contributed by atoms with Crippen molar-refractivity contribution in [2.45, 2.75) is 37.8 Å². The lowest BCUT2D eigenvalue weighted by atomic mass is 9.97. The molecule has 0 saturated carbocycles. The molecular formula is C43H54ClN10O4P. The Bertz CT molecular complexity index is 2180. The van der Waals surface area contributed by atoms with Crippen LogP contribution in [0.25, 0.3) is 0 Å². The highest BCUT2D eigenvalue weighted by molar-refractivity contribution is 7.70. The molecule has 8 rings (SSSR count). The molecular weight excluding hydrogens is 787 g/mol. The summed E-state index contributed by atoms with van der Waals surface area (Å²) in [6.07, 6.45) is 4.69. The number of rotatable bonds is 13. The molecule has 14 nitrogen and oxygen atoms in total. The average molecular weight is 841 g/mol. The highest BCUT2D eigenvalue weighted by Gasteiger charge is 2.33. The van der Waals surface area contributed by atoms with Crippen LogP contribution in [0.4, 0.5) is 40.2 Å². The first-order chi connectivity index (χ1) is 28.5. The molecule has 0 aliphatic carbocycles. The number of nitrogens with one attached hydrogen (secondary N) is 4. The molecule has 4 aliphatic rings. The summed E-state index contributed by atoms with van der Waals surface area (Å²) >= 11 is 6.49. The molecule has 0 spiro atoms. The monoisotopic (exact) mass is 840 g/mol. The summed E-state index contributed by atoms with van der Waals surface area (Å²) < 4.78 is 18.7. The smallest absolute Gasteiger partial charge is 0.249 e. The molecule has 3 aromatic carbocycles. The Morgan fingerprint density at radius 1 is 0.864 bits per heavy atom. The number of halogens is 1. The van der Waals surface area contributed by atoms with Crippen LogP contribution in [0.15, 0.2) is 72.9 Å². The third kappa shape index (κ3) is 9.78. The predicted octanol–water partition coefficient (Wildman–Crippen LogP) is 5.81. The molecule has 1 unspecified atom stereocenters. The molecule has 1 atom stereocenters. The molecule has 4 aliphatic heterocycles. The molecule has 0 bridgehead atoms. The fourth-order valence-electron chi connectivity index (χ4n) is 8.65. The molecule has 4 N–H and O–H groups in total. The van der Waals surface area contributed by atoms with E-state index in [0.717, 1.165) is 94.1 Å². The molecule has 2 amide bonds. The SMILES string of the molecule is COc1cc(N2CCC(N3CCN(CC4CN(c5ccc(NC6CCC(=O)NC6=O)cc5)C4)CC3)CC2)ccc1Nc1ncc(Cl)c(Nc2ccccc2P(C)(C)=O)n1. The summed E-state index contributed by atoms with van der Waals surface area (Å²) in [6, 6.07) is 22.2. The lowest BCUT2D eigenvalue weighted by Gasteiger charge is -2.46. The van der Waals surface area contributed by atoms with E-state index in [0.29, 0.717) is 53.0 Å². The lowest BCUT2D eigenvalue weighted by Crippen LogP contribution is -2.57. The number of piperazine rings is 1. The number of imide groups is 1. The summed E-state index contributed by atoms with van der Waals surface area (Å²) in [4.78, 5) is 42.8. The summed E-state index contributed by atoms with van der Waals surface area (Å²) in [5.41, 5.74) is 4.67. The minimum atomic E-state index is -2.54. The van der Waals surface area contributed by atoms with E-state index >= 15 is 0 Å². The number of carbonyl (C=O) groups excluding carboxylic acids is 2. The van der Waals surface area contributed by atoms with Gasteiger partial charge in [0.25, 0.3) is 0 Å². The van der Waals surface area contributed by atoms with Gasteiger partial charge in [0.1, 0.15) is 24.0 Å². The number of aromatic nitrogens is 2. The van der Waals surface area contributed by atoms with Gasteiger partial charge in [-0.05, 0) is 81.1 Å². The molecule has 4 saturated heterocycles. The summed E-state index contributed by atoms with van der Waals surface area (Å²) in [6.45, 7) is 13.2. The van der Waals surface area contributed by atoms with Crippen LogP contribution in [-0.4, -0.2) is 123 Å². The molecule has 1 aromatic heterocycles. The first kappa shape index (κ1) is 40.9. The molecule has 4 fully saturated rings. The fraction of sp³-hybridized carbons (Fsp3) is 0.442. The van der Waals surface area contributed by atoms with Crippen LogP contribution in [0.5, 0.6) is 5.75 Å². The largest absolute Gasteiger partial charge is 0.494 e. The summed E-state index contributed by atoms with van der Waals surface area (Å²) in [7, 11) is -0.867. The molecule has 4 aromatic rings. The number of anilines is 7. The van der Waals surface area contributed by atoms with E-state index in [1.165, 1.54) is 5.69 Å². The zero-order valence-corrected chi connectivity index (χ0v) is 35.6. The van der Waals surface area contributed by atoms with Crippen LogP contribution < -0.4 is 41.1 Å². The third-order valence-corrected chi connectivity index (χ3v) is 13.8. The van der Waals surface area contributed by atoms with E-state index in [-0.39, 0.29) is 17.9 Å². The zero-order valence-electron chi connectivity index (χ0n) is 34.0. The first-order valence-electron chi connectivity index (χ1n) is 20.5. The molecule has 0 radical (unpaired) electrons.